The van der Waals surface area contributed by atoms with Crippen molar-refractivity contribution in [3.8, 4) is 0 Å². The smallest absolute Gasteiger partial charge is 0.244 e. The molecule has 6 heteroatoms. The van der Waals surface area contributed by atoms with E-state index in [0.717, 1.165) is 0 Å². The molecule has 0 aliphatic rings. The maximum atomic E-state index is 12.6. The van der Waals surface area contributed by atoms with E-state index in [0.29, 0.717) is 5.69 Å². The van der Waals surface area contributed by atoms with Crippen molar-refractivity contribution in [3.05, 3.63) is 11.9 Å². The summed E-state index contributed by atoms with van der Waals surface area (Å²) in [5, 5.41) is 4.47. The zero-order chi connectivity index (χ0) is 15.9. The van der Waals surface area contributed by atoms with Gasteiger partial charge in [0.25, 0.3) is 0 Å². The molecule has 0 aliphatic heterocycles. The molecule has 20 heavy (non-hydrogen) atoms. The Labute approximate surface area is 122 Å². The van der Waals surface area contributed by atoms with Crippen LogP contribution in [-0.4, -0.2) is 23.7 Å². The molecule has 0 fully saturated rings. The van der Waals surface area contributed by atoms with E-state index >= 15 is 0 Å². The van der Waals surface area contributed by atoms with E-state index in [-0.39, 0.29) is 16.4 Å². The molecule has 0 bridgehead atoms. The first-order valence-electron chi connectivity index (χ1n) is 6.87. The fourth-order valence-corrected chi connectivity index (χ4v) is 3.58. The van der Waals surface area contributed by atoms with Gasteiger partial charge in [0.15, 0.2) is 0 Å². The lowest BCUT2D eigenvalue weighted by atomic mass is 9.92. The van der Waals surface area contributed by atoms with Crippen molar-refractivity contribution in [2.75, 3.05) is 0 Å². The number of hydrogen-bond donors (Lipinski definition) is 1. The van der Waals surface area contributed by atoms with Crippen LogP contribution >= 0.6 is 0 Å². The molecule has 0 atom stereocenters. The number of aromatic nitrogens is 2. The van der Waals surface area contributed by atoms with Crippen molar-refractivity contribution >= 4 is 10.0 Å². The molecule has 0 amide bonds. The van der Waals surface area contributed by atoms with Gasteiger partial charge in [-0.25, -0.2) is 13.1 Å². The molecule has 1 N–H and O–H groups in total. The molecule has 1 aromatic rings. The van der Waals surface area contributed by atoms with Gasteiger partial charge >= 0.3 is 0 Å². The van der Waals surface area contributed by atoms with Gasteiger partial charge in [-0.1, -0.05) is 20.8 Å². The van der Waals surface area contributed by atoms with Crippen molar-refractivity contribution in [1.82, 2.24) is 14.5 Å². The zero-order valence-electron chi connectivity index (χ0n) is 13.8. The lowest BCUT2D eigenvalue weighted by Gasteiger charge is -2.22. The summed E-state index contributed by atoms with van der Waals surface area (Å²) in [6.45, 7) is 15.3. The second-order valence-electron chi connectivity index (χ2n) is 7.52. The van der Waals surface area contributed by atoms with E-state index in [1.807, 2.05) is 55.4 Å². The highest BCUT2D eigenvalue weighted by Crippen LogP contribution is 2.29. The van der Waals surface area contributed by atoms with Crippen molar-refractivity contribution < 1.29 is 8.42 Å². The highest BCUT2D eigenvalue weighted by atomic mass is 32.2. The Morgan fingerprint density at radius 2 is 1.65 bits per heavy atom. The fraction of sp³-hybridized carbons (Fsp3) is 0.786. The number of nitrogens with zero attached hydrogens (tertiary/aromatic N) is 2. The van der Waals surface area contributed by atoms with Gasteiger partial charge in [0.1, 0.15) is 4.90 Å². The average Bonchev–Trinajstić information content (AvgIpc) is 2.56. The van der Waals surface area contributed by atoms with Crippen LogP contribution in [0.2, 0.25) is 0 Å². The summed E-state index contributed by atoms with van der Waals surface area (Å²) in [6, 6.07) is 0.120. The molecule has 1 aromatic heterocycles. The minimum Gasteiger partial charge on any atom is -0.269 e. The van der Waals surface area contributed by atoms with E-state index in [2.05, 4.69) is 9.82 Å². The standard InChI is InChI=1S/C14H27N3O2S/c1-10(2)17-9-11(12(15-17)13(3,4)5)20(18,19)16-14(6,7)8/h9-10,16H,1-8H3. The second-order valence-corrected chi connectivity index (χ2v) is 9.17. The van der Waals surface area contributed by atoms with Crippen LogP contribution in [0.15, 0.2) is 11.1 Å². The van der Waals surface area contributed by atoms with Crippen LogP contribution in [0.25, 0.3) is 0 Å². The van der Waals surface area contributed by atoms with Crippen LogP contribution in [0.3, 0.4) is 0 Å². The van der Waals surface area contributed by atoms with Crippen LogP contribution in [0, 0.1) is 0 Å². The Balaban J connectivity index is 3.44. The van der Waals surface area contributed by atoms with Gasteiger partial charge in [-0.15, -0.1) is 0 Å². The van der Waals surface area contributed by atoms with Crippen molar-refractivity contribution in [3.63, 3.8) is 0 Å². The molecule has 0 spiro atoms. The normalized spacial score (nSPS) is 14.1. The van der Waals surface area contributed by atoms with Gasteiger partial charge in [-0.05, 0) is 34.6 Å². The first-order valence-corrected chi connectivity index (χ1v) is 8.36. The lowest BCUT2D eigenvalue weighted by Crippen LogP contribution is -2.41. The van der Waals surface area contributed by atoms with Gasteiger partial charge in [0, 0.05) is 23.2 Å². The highest BCUT2D eigenvalue weighted by molar-refractivity contribution is 7.89. The Bertz CT molecular complexity index is 573. The minimum atomic E-state index is -3.58. The highest BCUT2D eigenvalue weighted by Gasteiger charge is 2.32. The lowest BCUT2D eigenvalue weighted by molar-refractivity contribution is 0.484. The van der Waals surface area contributed by atoms with Crippen LogP contribution < -0.4 is 4.72 Å². The first-order chi connectivity index (χ1) is 8.74. The second kappa shape index (κ2) is 5.15. The van der Waals surface area contributed by atoms with E-state index in [4.69, 9.17) is 0 Å². The monoisotopic (exact) mass is 301 g/mol. The SMILES string of the molecule is CC(C)n1cc(S(=O)(=O)NC(C)(C)C)c(C(C)(C)C)n1. The topological polar surface area (TPSA) is 64.0 Å². The molecule has 0 aromatic carbocycles. The quantitative estimate of drug-likeness (QED) is 0.933. The number of sulfonamides is 1. The van der Waals surface area contributed by atoms with Crippen LogP contribution in [-0.2, 0) is 15.4 Å². The summed E-state index contributed by atoms with van der Waals surface area (Å²) in [4.78, 5) is 0.272. The molecule has 1 heterocycles. The van der Waals surface area contributed by atoms with Crippen LogP contribution in [0.4, 0.5) is 0 Å². The molecular weight excluding hydrogens is 274 g/mol. The van der Waals surface area contributed by atoms with Gasteiger partial charge in [-0.3, -0.25) is 4.68 Å². The summed E-state index contributed by atoms with van der Waals surface area (Å²) in [6.07, 6.45) is 1.62. The third-order valence-corrected chi connectivity index (χ3v) is 4.43. The molecule has 0 saturated heterocycles. The average molecular weight is 301 g/mol. The number of hydrogen-bond acceptors (Lipinski definition) is 3. The summed E-state index contributed by atoms with van der Waals surface area (Å²) < 4.78 is 29.6. The van der Waals surface area contributed by atoms with Crippen LogP contribution in [0.5, 0.6) is 0 Å². The Hall–Kier alpha value is -0.880. The molecule has 0 radical (unpaired) electrons. The summed E-state index contributed by atoms with van der Waals surface area (Å²) in [5.74, 6) is 0. The molecule has 0 unspecified atom stereocenters. The molecule has 5 nitrogen and oxygen atoms in total. The third kappa shape index (κ3) is 4.06. The van der Waals surface area contributed by atoms with Gasteiger partial charge in [0.2, 0.25) is 10.0 Å². The van der Waals surface area contributed by atoms with E-state index < -0.39 is 15.6 Å². The van der Waals surface area contributed by atoms with E-state index in [9.17, 15) is 8.42 Å². The summed E-state index contributed by atoms with van der Waals surface area (Å²) >= 11 is 0. The Morgan fingerprint density at radius 1 is 1.15 bits per heavy atom. The molecule has 116 valence electrons. The number of rotatable bonds is 3. The van der Waals surface area contributed by atoms with E-state index in [1.54, 1.807) is 10.9 Å². The van der Waals surface area contributed by atoms with Crippen molar-refractivity contribution in [1.29, 1.82) is 0 Å². The predicted octanol–water partition coefficient (Wildman–Crippen LogP) is 2.84. The van der Waals surface area contributed by atoms with Gasteiger partial charge in [-0.2, -0.15) is 5.10 Å². The number of nitrogens with one attached hydrogen (secondary N) is 1. The third-order valence-electron chi connectivity index (χ3n) is 2.67. The van der Waals surface area contributed by atoms with Crippen molar-refractivity contribution in [2.45, 2.75) is 77.3 Å². The zero-order valence-corrected chi connectivity index (χ0v) is 14.6. The van der Waals surface area contributed by atoms with Crippen LogP contribution in [0.1, 0.15) is 67.1 Å². The molecular formula is C14H27N3O2S. The Kier molecular flexibility index (Phi) is 4.42. The fourth-order valence-electron chi connectivity index (χ4n) is 1.81. The van der Waals surface area contributed by atoms with E-state index in [1.165, 1.54) is 0 Å². The van der Waals surface area contributed by atoms with Gasteiger partial charge < -0.3 is 0 Å². The van der Waals surface area contributed by atoms with Crippen molar-refractivity contribution in [2.24, 2.45) is 0 Å². The Morgan fingerprint density at radius 3 is 2.00 bits per heavy atom. The summed E-state index contributed by atoms with van der Waals surface area (Å²) in [7, 11) is -3.58. The molecule has 1 rings (SSSR count). The first kappa shape index (κ1) is 17.2. The molecule has 0 aliphatic carbocycles. The van der Waals surface area contributed by atoms with Gasteiger partial charge in [0.05, 0.1) is 5.69 Å². The summed E-state index contributed by atoms with van der Waals surface area (Å²) in [5.41, 5.74) is -0.251. The molecule has 0 saturated carbocycles. The maximum Gasteiger partial charge on any atom is 0.244 e. The predicted molar refractivity (Wildman–Crippen MR) is 81.4 cm³/mol. The largest absolute Gasteiger partial charge is 0.269 e. The minimum absolute atomic E-state index is 0.120. The maximum absolute atomic E-state index is 12.6.